The Morgan fingerprint density at radius 2 is 1.26 bits per heavy atom. The Bertz CT molecular complexity index is 1190. The van der Waals surface area contributed by atoms with Crippen LogP contribution in [0.1, 0.15) is 0 Å². The fourth-order valence-corrected chi connectivity index (χ4v) is 4.88. The number of nitriles is 2. The van der Waals surface area contributed by atoms with Crippen molar-refractivity contribution < 1.29 is 19.4 Å². The van der Waals surface area contributed by atoms with Gasteiger partial charge in [-0.15, -0.1) is 0 Å². The van der Waals surface area contributed by atoms with Crippen molar-refractivity contribution in [2.45, 2.75) is 14.7 Å². The summed E-state index contributed by atoms with van der Waals surface area (Å²) in [5, 5.41) is 27.1. The molecule has 0 atom stereocenters. The van der Waals surface area contributed by atoms with E-state index in [0.29, 0.717) is 0 Å². The van der Waals surface area contributed by atoms with Crippen molar-refractivity contribution in [1.29, 1.82) is 10.5 Å². The Morgan fingerprint density at radius 3 is 1.74 bits per heavy atom. The molecule has 0 radical (unpaired) electrons. The van der Waals surface area contributed by atoms with Crippen LogP contribution in [0.2, 0.25) is 0 Å². The Hall–Kier alpha value is -4.33. The van der Waals surface area contributed by atoms with E-state index < -0.39 is 34.0 Å². The normalized spacial score (nSPS) is 11.1. The van der Waals surface area contributed by atoms with Crippen LogP contribution < -0.4 is 4.74 Å². The molecule has 3 aromatic carbocycles. The number of rotatable bonds is 6. The van der Waals surface area contributed by atoms with Gasteiger partial charge in [0.1, 0.15) is 17.9 Å². The van der Waals surface area contributed by atoms with Crippen molar-refractivity contribution in [3.8, 4) is 17.9 Å². The van der Waals surface area contributed by atoms with Crippen LogP contribution >= 0.6 is 0 Å². The molecule has 0 aliphatic carbocycles. The lowest BCUT2D eigenvalue weighted by Crippen LogP contribution is -2.15. The molecule has 3 aromatic rings. The van der Waals surface area contributed by atoms with Gasteiger partial charge < -0.3 is 9.84 Å². The third-order valence-corrected chi connectivity index (χ3v) is 6.31. The standard InChI is InChI=1S/C24H14N2O4S/c25-15-21(23(27)28)22(16-26)24(29)30-17-8-7-13-20(14-17)31(18-9-3-1-4-10-18)19-11-5-2-6-12-19/h1-14H/p+1/b22-21-. The first-order valence-corrected chi connectivity index (χ1v) is 10.2. The topological polar surface area (TPSA) is 111 Å². The summed E-state index contributed by atoms with van der Waals surface area (Å²) in [6.07, 6.45) is 0. The lowest BCUT2D eigenvalue weighted by atomic mass is 10.1. The minimum Gasteiger partial charge on any atom is -0.477 e. The van der Waals surface area contributed by atoms with Crippen molar-refractivity contribution >= 4 is 22.8 Å². The van der Waals surface area contributed by atoms with Crippen LogP contribution in [0.3, 0.4) is 0 Å². The molecule has 0 aliphatic heterocycles. The third kappa shape index (κ3) is 4.99. The van der Waals surface area contributed by atoms with Gasteiger partial charge in [0.05, 0.1) is 10.9 Å². The number of nitrogens with zero attached hydrogens (tertiary/aromatic N) is 2. The van der Waals surface area contributed by atoms with Gasteiger partial charge in [-0.05, 0) is 36.4 Å². The van der Waals surface area contributed by atoms with Gasteiger partial charge in [0.25, 0.3) is 0 Å². The molecule has 0 heterocycles. The third-order valence-electron chi connectivity index (χ3n) is 4.10. The number of hydrogen-bond acceptors (Lipinski definition) is 5. The van der Waals surface area contributed by atoms with E-state index in [-0.39, 0.29) is 5.75 Å². The highest BCUT2D eigenvalue weighted by Crippen LogP contribution is 2.32. The number of carboxylic acid groups (broad SMARTS) is 1. The van der Waals surface area contributed by atoms with E-state index in [0.717, 1.165) is 14.7 Å². The Kier molecular flexibility index (Phi) is 6.85. The van der Waals surface area contributed by atoms with Crippen LogP contribution in [-0.4, -0.2) is 17.0 Å². The second kappa shape index (κ2) is 9.93. The molecule has 0 aromatic heterocycles. The largest absolute Gasteiger partial charge is 0.477 e. The first-order valence-electron chi connectivity index (χ1n) is 8.99. The number of ether oxygens (including phenoxy) is 1. The molecule has 0 aliphatic rings. The molecule has 1 N–H and O–H groups in total. The summed E-state index contributed by atoms with van der Waals surface area (Å²) in [6.45, 7) is 0. The second-order valence-electron chi connectivity index (χ2n) is 6.08. The highest BCUT2D eigenvalue weighted by atomic mass is 32.2. The van der Waals surface area contributed by atoms with Crippen LogP contribution in [0.4, 0.5) is 0 Å². The van der Waals surface area contributed by atoms with Gasteiger partial charge in [0, 0.05) is 6.07 Å². The van der Waals surface area contributed by atoms with Crippen molar-refractivity contribution in [3.05, 3.63) is 96.1 Å². The molecular formula is C24H15N2O4S+. The van der Waals surface area contributed by atoms with Crippen molar-refractivity contribution in [2.75, 3.05) is 0 Å². The van der Waals surface area contributed by atoms with Gasteiger partial charge in [-0.3, -0.25) is 0 Å². The van der Waals surface area contributed by atoms with Crippen LogP contribution in [0, 0.1) is 22.7 Å². The van der Waals surface area contributed by atoms with E-state index in [9.17, 15) is 9.59 Å². The fraction of sp³-hybridized carbons (Fsp3) is 0. The maximum Gasteiger partial charge on any atom is 0.355 e. The highest BCUT2D eigenvalue weighted by molar-refractivity contribution is 7.97. The van der Waals surface area contributed by atoms with Gasteiger partial charge in [-0.25, -0.2) is 9.59 Å². The number of hydrogen-bond donors (Lipinski definition) is 1. The van der Waals surface area contributed by atoms with Crippen LogP contribution in [0.15, 0.2) is 111 Å². The first-order chi connectivity index (χ1) is 15.0. The number of aliphatic carboxylic acids is 1. The number of carbonyl (C=O) groups is 2. The van der Waals surface area contributed by atoms with Gasteiger partial charge in [-0.1, -0.05) is 42.5 Å². The minimum atomic E-state index is -1.67. The zero-order valence-corrected chi connectivity index (χ0v) is 16.9. The van der Waals surface area contributed by atoms with Gasteiger partial charge in [-0.2, -0.15) is 10.5 Å². The molecule has 0 spiro atoms. The highest BCUT2D eigenvalue weighted by Gasteiger charge is 2.29. The zero-order chi connectivity index (χ0) is 22.2. The molecule has 0 fully saturated rings. The molecule has 7 heteroatoms. The molecule has 0 saturated heterocycles. The van der Waals surface area contributed by atoms with Gasteiger partial charge >= 0.3 is 11.9 Å². The summed E-state index contributed by atoms with van der Waals surface area (Å²) in [4.78, 5) is 26.5. The average molecular weight is 427 g/mol. The van der Waals surface area contributed by atoms with E-state index in [1.54, 1.807) is 12.1 Å². The predicted octanol–water partition coefficient (Wildman–Crippen LogP) is 4.12. The Labute approximate surface area is 181 Å². The van der Waals surface area contributed by atoms with E-state index in [2.05, 4.69) is 0 Å². The fourth-order valence-electron chi connectivity index (χ4n) is 2.76. The van der Waals surface area contributed by atoms with E-state index >= 15 is 0 Å². The zero-order valence-electron chi connectivity index (χ0n) is 16.1. The Morgan fingerprint density at radius 1 is 0.742 bits per heavy atom. The Balaban J connectivity index is 2.00. The number of esters is 1. The molecule has 150 valence electrons. The summed E-state index contributed by atoms with van der Waals surface area (Å²) < 4.78 is 5.23. The van der Waals surface area contributed by atoms with Crippen molar-refractivity contribution in [1.82, 2.24) is 0 Å². The minimum absolute atomic E-state index is 0.141. The van der Waals surface area contributed by atoms with Crippen LogP contribution in [0.5, 0.6) is 5.75 Å². The lowest BCUT2D eigenvalue weighted by Gasteiger charge is -2.09. The summed E-state index contributed by atoms with van der Waals surface area (Å²) in [5.41, 5.74) is -1.82. The smallest absolute Gasteiger partial charge is 0.355 e. The first kappa shape index (κ1) is 21.4. The molecule has 0 bridgehead atoms. The van der Waals surface area contributed by atoms with Crippen LogP contribution in [0.25, 0.3) is 0 Å². The lowest BCUT2D eigenvalue weighted by molar-refractivity contribution is -0.134. The summed E-state index contributed by atoms with van der Waals surface area (Å²) in [5.74, 6) is -2.72. The SMILES string of the molecule is N#C/C(C(=O)O)=C(\C#N)C(=O)Oc1cccc([S+](c2ccccc2)c2ccccc2)c1. The molecular weight excluding hydrogens is 412 g/mol. The summed E-state index contributed by atoms with van der Waals surface area (Å²) >= 11 is 0. The maximum absolute atomic E-state index is 12.4. The van der Waals surface area contributed by atoms with Crippen molar-refractivity contribution in [3.63, 3.8) is 0 Å². The van der Waals surface area contributed by atoms with E-state index in [4.69, 9.17) is 20.4 Å². The summed E-state index contributed by atoms with van der Waals surface area (Å²) in [7, 11) is -0.485. The predicted molar refractivity (Wildman–Crippen MR) is 113 cm³/mol. The molecule has 6 nitrogen and oxygen atoms in total. The summed E-state index contributed by atoms with van der Waals surface area (Å²) in [6, 6.07) is 29.3. The van der Waals surface area contributed by atoms with E-state index in [1.807, 2.05) is 66.7 Å². The maximum atomic E-state index is 12.4. The molecule has 0 unspecified atom stereocenters. The van der Waals surface area contributed by atoms with Gasteiger partial charge in [0.15, 0.2) is 25.8 Å². The van der Waals surface area contributed by atoms with Crippen LogP contribution in [-0.2, 0) is 20.5 Å². The molecule has 31 heavy (non-hydrogen) atoms. The molecule has 0 amide bonds. The molecule has 3 rings (SSSR count). The second-order valence-corrected chi connectivity index (χ2v) is 8.10. The van der Waals surface area contributed by atoms with Crippen molar-refractivity contribution in [2.24, 2.45) is 0 Å². The monoisotopic (exact) mass is 427 g/mol. The quantitative estimate of drug-likeness (QED) is 0.208. The molecule has 0 saturated carbocycles. The number of benzene rings is 3. The number of carbonyl (C=O) groups excluding carboxylic acids is 1. The number of carboxylic acids is 1. The average Bonchev–Trinajstić information content (AvgIpc) is 2.79. The van der Waals surface area contributed by atoms with Gasteiger partial charge in [0.2, 0.25) is 0 Å². The van der Waals surface area contributed by atoms with E-state index in [1.165, 1.54) is 18.2 Å².